The third-order valence-electron chi connectivity index (χ3n) is 4.00. The van der Waals surface area contributed by atoms with Gasteiger partial charge in [-0.2, -0.15) is 0 Å². The topological polar surface area (TPSA) is 83.6 Å². The number of sulfone groups is 1. The van der Waals surface area contributed by atoms with E-state index < -0.39 is 21.5 Å². The van der Waals surface area contributed by atoms with Gasteiger partial charge in [0.1, 0.15) is 5.75 Å². The molecular weight excluding hydrogens is 400 g/mol. The van der Waals surface area contributed by atoms with E-state index in [1.165, 1.54) is 23.1 Å². The van der Waals surface area contributed by atoms with Gasteiger partial charge in [0, 0.05) is 19.8 Å². The van der Waals surface area contributed by atoms with Crippen molar-refractivity contribution in [2.45, 2.75) is 12.8 Å². The van der Waals surface area contributed by atoms with Crippen molar-refractivity contribution in [1.82, 2.24) is 4.90 Å². The second kappa shape index (κ2) is 9.71. The highest BCUT2D eigenvalue weighted by Gasteiger charge is 2.18. The molecule has 0 unspecified atom stereocenters. The molecule has 0 saturated carbocycles. The quantitative estimate of drug-likeness (QED) is 0.708. The van der Waals surface area contributed by atoms with Crippen LogP contribution in [0.4, 0.5) is 5.69 Å². The minimum atomic E-state index is -3.53. The summed E-state index contributed by atoms with van der Waals surface area (Å²) in [6.45, 7) is 0. The number of nitrogens with zero attached hydrogens (tertiary/aromatic N) is 1. The predicted molar refractivity (Wildman–Crippen MR) is 112 cm³/mol. The van der Waals surface area contributed by atoms with Gasteiger partial charge in [-0.15, -0.1) is 0 Å². The monoisotopic (exact) mass is 422 g/mol. The van der Waals surface area contributed by atoms with E-state index in [-0.39, 0.29) is 22.2 Å². The number of nitrogens with one attached hydrogen (secondary N) is 1. The molecule has 0 heterocycles. The lowest BCUT2D eigenvalue weighted by atomic mass is 10.1. The van der Waals surface area contributed by atoms with Crippen molar-refractivity contribution in [2.24, 2.45) is 0 Å². The van der Waals surface area contributed by atoms with E-state index in [0.29, 0.717) is 18.5 Å². The van der Waals surface area contributed by atoms with Gasteiger partial charge in [-0.3, -0.25) is 9.59 Å². The highest BCUT2D eigenvalue weighted by atomic mass is 35.5. The van der Waals surface area contributed by atoms with E-state index in [2.05, 4.69) is 5.32 Å². The lowest BCUT2D eigenvalue weighted by Gasteiger charge is -2.13. The SMILES string of the molecule is CN(C)C(=O)c1cc(NC(=O)CS(=O)(=O)CCCc2ccccc2)ccc1Cl. The zero-order valence-electron chi connectivity index (χ0n) is 15.8. The minimum absolute atomic E-state index is 0.0691. The highest BCUT2D eigenvalue weighted by molar-refractivity contribution is 7.92. The molecule has 2 aromatic rings. The molecule has 6 nitrogen and oxygen atoms in total. The van der Waals surface area contributed by atoms with Crippen LogP contribution in [0.25, 0.3) is 0 Å². The molecule has 150 valence electrons. The van der Waals surface area contributed by atoms with Gasteiger partial charge in [0.2, 0.25) is 5.91 Å². The normalized spacial score (nSPS) is 11.1. The second-order valence-electron chi connectivity index (χ2n) is 6.62. The van der Waals surface area contributed by atoms with Crippen LogP contribution in [0.2, 0.25) is 5.02 Å². The van der Waals surface area contributed by atoms with Crippen LogP contribution in [0.15, 0.2) is 48.5 Å². The Balaban J connectivity index is 1.93. The molecule has 2 rings (SSSR count). The first-order chi connectivity index (χ1) is 13.2. The van der Waals surface area contributed by atoms with Crippen molar-refractivity contribution in [3.63, 3.8) is 0 Å². The number of hydrogen-bond donors (Lipinski definition) is 1. The molecule has 0 aromatic heterocycles. The summed E-state index contributed by atoms with van der Waals surface area (Å²) in [6.07, 6.45) is 1.08. The summed E-state index contributed by atoms with van der Waals surface area (Å²) in [7, 11) is -0.354. The molecule has 28 heavy (non-hydrogen) atoms. The van der Waals surface area contributed by atoms with Crippen LogP contribution in [0.1, 0.15) is 22.3 Å². The summed E-state index contributed by atoms with van der Waals surface area (Å²) in [5.41, 5.74) is 1.61. The maximum absolute atomic E-state index is 12.2. The molecule has 0 bridgehead atoms. The van der Waals surface area contributed by atoms with Gasteiger partial charge in [-0.1, -0.05) is 41.9 Å². The Bertz CT molecular complexity index is 944. The number of carbonyl (C=O) groups is 2. The van der Waals surface area contributed by atoms with E-state index in [0.717, 1.165) is 5.56 Å². The summed E-state index contributed by atoms with van der Waals surface area (Å²) >= 11 is 6.03. The number of carbonyl (C=O) groups excluding carboxylic acids is 2. The van der Waals surface area contributed by atoms with Crippen molar-refractivity contribution in [1.29, 1.82) is 0 Å². The van der Waals surface area contributed by atoms with Gasteiger partial charge >= 0.3 is 0 Å². The molecule has 0 atom stereocenters. The third-order valence-corrected chi connectivity index (χ3v) is 5.94. The van der Waals surface area contributed by atoms with Crippen molar-refractivity contribution in [2.75, 3.05) is 30.9 Å². The number of hydrogen-bond acceptors (Lipinski definition) is 4. The summed E-state index contributed by atoms with van der Waals surface area (Å²) in [5.74, 6) is -1.64. The van der Waals surface area contributed by atoms with Gasteiger partial charge < -0.3 is 10.2 Å². The summed E-state index contributed by atoms with van der Waals surface area (Å²) in [5, 5.41) is 2.77. The third kappa shape index (κ3) is 6.65. The fraction of sp³-hybridized carbons (Fsp3) is 0.300. The van der Waals surface area contributed by atoms with E-state index in [1.807, 2.05) is 30.3 Å². The van der Waals surface area contributed by atoms with Crippen LogP contribution < -0.4 is 5.32 Å². The molecule has 0 aliphatic rings. The largest absolute Gasteiger partial charge is 0.345 e. The molecule has 0 spiro atoms. The Kier molecular flexibility index (Phi) is 7.60. The standard InChI is InChI=1S/C20H23ClN2O4S/c1-23(2)20(25)17-13-16(10-11-18(17)21)22-19(24)14-28(26,27)12-6-9-15-7-4-3-5-8-15/h3-5,7-8,10-11,13H,6,9,12,14H2,1-2H3,(H,22,24). The first kappa shape index (κ1) is 21.9. The van der Waals surface area contributed by atoms with Crippen LogP contribution in [0.5, 0.6) is 0 Å². The average molecular weight is 423 g/mol. The Morgan fingerprint density at radius 1 is 1.07 bits per heavy atom. The van der Waals surface area contributed by atoms with Gasteiger partial charge in [-0.05, 0) is 36.6 Å². The average Bonchev–Trinajstić information content (AvgIpc) is 2.62. The molecule has 0 saturated heterocycles. The number of aryl methyl sites for hydroxylation is 1. The summed E-state index contributed by atoms with van der Waals surface area (Å²) in [4.78, 5) is 25.6. The highest BCUT2D eigenvalue weighted by Crippen LogP contribution is 2.21. The lowest BCUT2D eigenvalue weighted by molar-refractivity contribution is -0.113. The number of rotatable bonds is 8. The minimum Gasteiger partial charge on any atom is -0.345 e. The maximum atomic E-state index is 12.2. The molecule has 8 heteroatoms. The van der Waals surface area contributed by atoms with E-state index in [1.54, 1.807) is 14.1 Å². The number of halogens is 1. The molecule has 0 radical (unpaired) electrons. The van der Waals surface area contributed by atoms with Crippen molar-refractivity contribution in [3.05, 3.63) is 64.7 Å². The van der Waals surface area contributed by atoms with Crippen LogP contribution in [-0.2, 0) is 21.1 Å². The Labute approximate surface area is 170 Å². The molecule has 0 fully saturated rings. The van der Waals surface area contributed by atoms with Gasteiger partial charge in [-0.25, -0.2) is 8.42 Å². The first-order valence-corrected chi connectivity index (χ1v) is 10.9. The lowest BCUT2D eigenvalue weighted by Crippen LogP contribution is -2.25. The zero-order chi connectivity index (χ0) is 20.7. The second-order valence-corrected chi connectivity index (χ2v) is 9.21. The van der Waals surface area contributed by atoms with Crippen LogP contribution in [-0.4, -0.2) is 50.7 Å². The fourth-order valence-corrected chi connectivity index (χ4v) is 4.02. The fourth-order valence-electron chi connectivity index (χ4n) is 2.62. The summed E-state index contributed by atoms with van der Waals surface area (Å²) in [6, 6.07) is 14.0. The molecule has 1 N–H and O–H groups in total. The van der Waals surface area contributed by atoms with Gasteiger partial charge in [0.15, 0.2) is 9.84 Å². The van der Waals surface area contributed by atoms with Gasteiger partial charge in [0.25, 0.3) is 5.91 Å². The van der Waals surface area contributed by atoms with Crippen LogP contribution in [0.3, 0.4) is 0 Å². The van der Waals surface area contributed by atoms with Crippen molar-refractivity contribution >= 4 is 38.9 Å². The van der Waals surface area contributed by atoms with Gasteiger partial charge in [0.05, 0.1) is 16.3 Å². The number of benzene rings is 2. The zero-order valence-corrected chi connectivity index (χ0v) is 17.4. The van der Waals surface area contributed by atoms with Crippen molar-refractivity contribution in [3.8, 4) is 0 Å². The van der Waals surface area contributed by atoms with E-state index in [9.17, 15) is 18.0 Å². The van der Waals surface area contributed by atoms with Crippen LogP contribution >= 0.6 is 11.6 Å². The van der Waals surface area contributed by atoms with E-state index >= 15 is 0 Å². The first-order valence-electron chi connectivity index (χ1n) is 8.73. The Morgan fingerprint density at radius 3 is 2.39 bits per heavy atom. The maximum Gasteiger partial charge on any atom is 0.254 e. The number of amides is 2. The molecular formula is C20H23ClN2O4S. The molecule has 2 amide bonds. The summed E-state index contributed by atoms with van der Waals surface area (Å²) < 4.78 is 24.4. The molecule has 2 aromatic carbocycles. The Hall–Kier alpha value is -2.38. The van der Waals surface area contributed by atoms with E-state index in [4.69, 9.17) is 11.6 Å². The van der Waals surface area contributed by atoms with Crippen molar-refractivity contribution < 1.29 is 18.0 Å². The Morgan fingerprint density at radius 2 is 1.75 bits per heavy atom. The molecule has 0 aliphatic heterocycles. The predicted octanol–water partition coefficient (Wildman–Crippen LogP) is 3.03. The number of anilines is 1. The molecule has 0 aliphatic carbocycles. The van der Waals surface area contributed by atoms with Crippen LogP contribution in [0, 0.1) is 0 Å². The smallest absolute Gasteiger partial charge is 0.254 e.